The highest BCUT2D eigenvalue weighted by molar-refractivity contribution is 5.96. The van der Waals surface area contributed by atoms with Crippen LogP contribution in [0.2, 0.25) is 0 Å². The molecule has 0 bridgehead atoms. The number of benzene rings is 1. The molecule has 134 valence electrons. The van der Waals surface area contributed by atoms with Gasteiger partial charge in [-0.15, -0.1) is 0 Å². The summed E-state index contributed by atoms with van der Waals surface area (Å²) in [5, 5.41) is 11.5. The Labute approximate surface area is 144 Å². The van der Waals surface area contributed by atoms with Crippen LogP contribution in [0.25, 0.3) is 0 Å². The molecule has 0 heterocycles. The number of nitrogens with one attached hydrogen (secondary N) is 1. The van der Waals surface area contributed by atoms with Gasteiger partial charge in [0, 0.05) is 13.0 Å². The van der Waals surface area contributed by atoms with Gasteiger partial charge in [-0.2, -0.15) is 0 Å². The van der Waals surface area contributed by atoms with Crippen LogP contribution in [0.3, 0.4) is 0 Å². The summed E-state index contributed by atoms with van der Waals surface area (Å²) in [6.07, 6.45) is 8.74. The van der Waals surface area contributed by atoms with E-state index in [1.807, 2.05) is 12.1 Å². The van der Waals surface area contributed by atoms with Crippen molar-refractivity contribution in [2.75, 3.05) is 13.7 Å². The largest absolute Gasteiger partial charge is 0.496 e. The maximum Gasteiger partial charge on any atom is 0.303 e. The van der Waals surface area contributed by atoms with Crippen LogP contribution >= 0.6 is 0 Å². The molecule has 1 amide bonds. The van der Waals surface area contributed by atoms with Crippen molar-refractivity contribution in [2.45, 2.75) is 57.8 Å². The molecule has 0 aromatic heterocycles. The second-order valence-electron chi connectivity index (χ2n) is 5.93. The average Bonchev–Trinajstić information content (AvgIpc) is 2.59. The minimum Gasteiger partial charge on any atom is -0.496 e. The molecule has 0 radical (unpaired) electrons. The standard InChI is InChI=1S/C19H29NO4/c1-24-17-13-10-9-12-16(17)19(23)20-15-11-7-5-3-2-4-6-8-14-18(21)22/h9-10,12-13H,2-8,11,14-15H2,1H3,(H,20,23)(H,21,22). The number of methoxy groups -OCH3 is 1. The second-order valence-corrected chi connectivity index (χ2v) is 5.93. The van der Waals surface area contributed by atoms with E-state index >= 15 is 0 Å². The zero-order chi connectivity index (χ0) is 17.6. The molecule has 5 nitrogen and oxygen atoms in total. The molecule has 5 heteroatoms. The molecular weight excluding hydrogens is 306 g/mol. The van der Waals surface area contributed by atoms with Crippen molar-refractivity contribution in [1.82, 2.24) is 5.32 Å². The van der Waals surface area contributed by atoms with Gasteiger partial charge in [-0.3, -0.25) is 9.59 Å². The number of ether oxygens (including phenoxy) is 1. The van der Waals surface area contributed by atoms with Crippen LogP contribution in [-0.2, 0) is 4.79 Å². The fourth-order valence-corrected chi connectivity index (χ4v) is 2.59. The van der Waals surface area contributed by atoms with Crippen LogP contribution in [0.4, 0.5) is 0 Å². The first-order chi connectivity index (χ1) is 11.6. The van der Waals surface area contributed by atoms with E-state index in [1.54, 1.807) is 19.2 Å². The highest BCUT2D eigenvalue weighted by Gasteiger charge is 2.10. The van der Waals surface area contributed by atoms with Gasteiger partial charge in [-0.1, -0.05) is 50.7 Å². The number of carboxylic acid groups (broad SMARTS) is 1. The van der Waals surface area contributed by atoms with Gasteiger partial charge in [0.1, 0.15) is 5.75 Å². The maximum atomic E-state index is 12.1. The summed E-state index contributed by atoms with van der Waals surface area (Å²) < 4.78 is 5.19. The Balaban J connectivity index is 2.00. The fraction of sp³-hybridized carbons (Fsp3) is 0.579. The molecule has 0 saturated carbocycles. The summed E-state index contributed by atoms with van der Waals surface area (Å²) in [5.74, 6) is -0.200. The molecule has 0 fully saturated rings. The van der Waals surface area contributed by atoms with Gasteiger partial charge >= 0.3 is 5.97 Å². The number of para-hydroxylation sites is 1. The van der Waals surface area contributed by atoms with Crippen LogP contribution in [0.5, 0.6) is 5.75 Å². The predicted molar refractivity (Wildman–Crippen MR) is 94.5 cm³/mol. The zero-order valence-corrected chi connectivity index (χ0v) is 14.6. The highest BCUT2D eigenvalue weighted by Crippen LogP contribution is 2.16. The Bertz CT molecular complexity index is 502. The molecule has 0 aliphatic heterocycles. The Hall–Kier alpha value is -2.04. The molecule has 0 atom stereocenters. The summed E-state index contributed by atoms with van der Waals surface area (Å²) in [5.41, 5.74) is 0.571. The number of amides is 1. The van der Waals surface area contributed by atoms with Crippen molar-refractivity contribution in [3.8, 4) is 5.75 Å². The van der Waals surface area contributed by atoms with E-state index in [9.17, 15) is 9.59 Å². The van der Waals surface area contributed by atoms with Gasteiger partial charge in [0.05, 0.1) is 12.7 Å². The first-order valence-electron chi connectivity index (χ1n) is 8.78. The number of rotatable bonds is 13. The second kappa shape index (κ2) is 12.4. The number of hydrogen-bond donors (Lipinski definition) is 2. The normalized spacial score (nSPS) is 10.4. The van der Waals surface area contributed by atoms with Crippen molar-refractivity contribution in [1.29, 1.82) is 0 Å². The van der Waals surface area contributed by atoms with Crippen LogP contribution in [0.15, 0.2) is 24.3 Å². The summed E-state index contributed by atoms with van der Waals surface area (Å²) in [6.45, 7) is 0.676. The molecular formula is C19H29NO4. The summed E-state index contributed by atoms with van der Waals surface area (Å²) >= 11 is 0. The lowest BCUT2D eigenvalue weighted by molar-refractivity contribution is -0.137. The lowest BCUT2D eigenvalue weighted by atomic mass is 10.1. The van der Waals surface area contributed by atoms with Gasteiger partial charge in [-0.25, -0.2) is 0 Å². The van der Waals surface area contributed by atoms with Gasteiger partial charge in [0.25, 0.3) is 5.91 Å². The Morgan fingerprint density at radius 3 is 2.17 bits per heavy atom. The fourth-order valence-electron chi connectivity index (χ4n) is 2.59. The summed E-state index contributed by atoms with van der Waals surface area (Å²) in [4.78, 5) is 22.4. The third-order valence-electron chi connectivity index (χ3n) is 3.95. The predicted octanol–water partition coefficient (Wildman–Crippen LogP) is 4.02. The molecule has 0 unspecified atom stereocenters. The molecule has 0 saturated heterocycles. The van der Waals surface area contributed by atoms with Gasteiger partial charge in [-0.05, 0) is 25.0 Å². The van der Waals surface area contributed by atoms with Crippen LogP contribution in [0.1, 0.15) is 68.1 Å². The van der Waals surface area contributed by atoms with E-state index < -0.39 is 5.97 Å². The third kappa shape index (κ3) is 8.56. The van der Waals surface area contributed by atoms with Crippen molar-refractivity contribution < 1.29 is 19.4 Å². The summed E-state index contributed by atoms with van der Waals surface area (Å²) in [7, 11) is 1.56. The molecule has 0 aliphatic carbocycles. The number of aliphatic carboxylic acids is 1. The topological polar surface area (TPSA) is 75.6 Å². The molecule has 1 aromatic carbocycles. The van der Waals surface area contributed by atoms with Gasteiger partial charge in [0.2, 0.25) is 0 Å². The van der Waals surface area contributed by atoms with Crippen molar-refractivity contribution in [2.24, 2.45) is 0 Å². The van der Waals surface area contributed by atoms with E-state index in [2.05, 4.69) is 5.32 Å². The minimum atomic E-state index is -0.704. The van der Waals surface area contributed by atoms with Crippen LogP contribution < -0.4 is 10.1 Å². The Kier molecular flexibility index (Phi) is 10.3. The van der Waals surface area contributed by atoms with Crippen LogP contribution in [-0.4, -0.2) is 30.6 Å². The SMILES string of the molecule is COc1ccccc1C(=O)NCCCCCCCCCCC(=O)O. The van der Waals surface area contributed by atoms with E-state index in [4.69, 9.17) is 9.84 Å². The molecule has 24 heavy (non-hydrogen) atoms. The van der Waals surface area contributed by atoms with Crippen molar-refractivity contribution >= 4 is 11.9 Å². The lowest BCUT2D eigenvalue weighted by Crippen LogP contribution is -2.24. The number of hydrogen-bond acceptors (Lipinski definition) is 3. The molecule has 2 N–H and O–H groups in total. The number of carbonyl (C=O) groups excluding carboxylic acids is 1. The Morgan fingerprint density at radius 1 is 0.958 bits per heavy atom. The van der Waals surface area contributed by atoms with Gasteiger partial charge < -0.3 is 15.2 Å². The first-order valence-corrected chi connectivity index (χ1v) is 8.78. The van der Waals surface area contributed by atoms with E-state index in [0.717, 1.165) is 44.9 Å². The zero-order valence-electron chi connectivity index (χ0n) is 14.6. The smallest absolute Gasteiger partial charge is 0.303 e. The number of carbonyl (C=O) groups is 2. The molecule has 0 spiro atoms. The van der Waals surface area contributed by atoms with Crippen molar-refractivity contribution in [3.05, 3.63) is 29.8 Å². The van der Waals surface area contributed by atoms with E-state index in [-0.39, 0.29) is 12.3 Å². The molecule has 0 aliphatic rings. The highest BCUT2D eigenvalue weighted by atomic mass is 16.5. The number of unbranched alkanes of at least 4 members (excludes halogenated alkanes) is 7. The monoisotopic (exact) mass is 335 g/mol. The maximum absolute atomic E-state index is 12.1. The van der Waals surface area contributed by atoms with Crippen LogP contribution in [0, 0.1) is 0 Å². The van der Waals surface area contributed by atoms with Crippen molar-refractivity contribution in [3.63, 3.8) is 0 Å². The summed E-state index contributed by atoms with van der Waals surface area (Å²) in [6, 6.07) is 7.22. The van der Waals surface area contributed by atoms with E-state index in [0.29, 0.717) is 17.9 Å². The minimum absolute atomic E-state index is 0.0918. The van der Waals surface area contributed by atoms with Gasteiger partial charge in [0.15, 0.2) is 0 Å². The quantitative estimate of drug-likeness (QED) is 0.534. The molecule has 1 rings (SSSR count). The average molecular weight is 335 g/mol. The molecule has 1 aromatic rings. The third-order valence-corrected chi connectivity index (χ3v) is 3.95. The Morgan fingerprint density at radius 2 is 1.54 bits per heavy atom. The first kappa shape index (κ1) is 20.0. The lowest BCUT2D eigenvalue weighted by Gasteiger charge is -2.09. The van der Waals surface area contributed by atoms with E-state index in [1.165, 1.54) is 6.42 Å². The number of carboxylic acids is 1.